The van der Waals surface area contributed by atoms with Crippen LogP contribution < -0.4 is 0 Å². The van der Waals surface area contributed by atoms with Gasteiger partial charge >= 0.3 is 0 Å². The summed E-state index contributed by atoms with van der Waals surface area (Å²) in [4.78, 5) is 0. The van der Waals surface area contributed by atoms with Crippen LogP contribution in [0.25, 0.3) is 11.5 Å². The lowest BCUT2D eigenvalue weighted by molar-refractivity contribution is 0.462. The molecule has 0 aliphatic heterocycles. The van der Waals surface area contributed by atoms with Crippen molar-refractivity contribution in [2.75, 3.05) is 0 Å². The van der Waals surface area contributed by atoms with Crippen molar-refractivity contribution in [3.8, 4) is 11.5 Å². The average molecular weight is 339 g/mol. The van der Waals surface area contributed by atoms with E-state index in [1.165, 1.54) is 18.2 Å². The fraction of sp³-hybridized carbons (Fsp3) is 0.0667. The molecule has 2 aromatic carbocycles. The van der Waals surface area contributed by atoms with Crippen molar-refractivity contribution in [2.45, 2.75) is 11.0 Å². The van der Waals surface area contributed by atoms with Crippen LogP contribution in [0.4, 0.5) is 8.78 Å². The molecule has 0 atom stereocenters. The highest BCUT2D eigenvalue weighted by Crippen LogP contribution is 2.30. The molecule has 0 amide bonds. The first-order valence-electron chi connectivity index (χ1n) is 6.29. The maximum Gasteiger partial charge on any atom is 0.277 e. The van der Waals surface area contributed by atoms with Gasteiger partial charge in [0.15, 0.2) is 0 Å². The van der Waals surface area contributed by atoms with Gasteiger partial charge in [-0.2, -0.15) is 0 Å². The molecular weight excluding hydrogens is 330 g/mol. The predicted octanol–water partition coefficient (Wildman–Crippen LogP) is 4.96. The van der Waals surface area contributed by atoms with Gasteiger partial charge < -0.3 is 4.42 Å². The Morgan fingerprint density at radius 3 is 2.55 bits per heavy atom. The standard InChI is InChI=1S/C15H9ClF2N2OS/c16-11-5-3-7-13(18)10(11)8-22-15-20-19-14(21-15)9-4-1-2-6-12(9)17/h1-7H,8H2. The Labute approximate surface area is 134 Å². The smallest absolute Gasteiger partial charge is 0.277 e. The second kappa shape index (κ2) is 6.46. The van der Waals surface area contributed by atoms with Crippen LogP contribution in [0.15, 0.2) is 52.1 Å². The van der Waals surface area contributed by atoms with E-state index in [1.807, 2.05) is 0 Å². The SMILES string of the molecule is Fc1ccccc1-c1nnc(SCc2c(F)cccc2Cl)o1. The highest BCUT2D eigenvalue weighted by Gasteiger charge is 2.14. The summed E-state index contributed by atoms with van der Waals surface area (Å²) in [6.45, 7) is 0. The summed E-state index contributed by atoms with van der Waals surface area (Å²) < 4.78 is 32.7. The number of nitrogens with zero attached hydrogens (tertiary/aromatic N) is 2. The fourth-order valence-electron chi connectivity index (χ4n) is 1.82. The van der Waals surface area contributed by atoms with E-state index in [-0.39, 0.29) is 22.4 Å². The lowest BCUT2D eigenvalue weighted by Crippen LogP contribution is -1.88. The van der Waals surface area contributed by atoms with Gasteiger partial charge in [0.1, 0.15) is 11.6 Å². The lowest BCUT2D eigenvalue weighted by Gasteiger charge is -2.03. The van der Waals surface area contributed by atoms with Crippen molar-refractivity contribution in [1.29, 1.82) is 0 Å². The molecule has 0 fully saturated rings. The van der Waals surface area contributed by atoms with Gasteiger partial charge in [-0.05, 0) is 24.3 Å². The molecule has 112 valence electrons. The molecule has 0 aliphatic carbocycles. The summed E-state index contributed by atoms with van der Waals surface area (Å²) in [5, 5.41) is 8.18. The van der Waals surface area contributed by atoms with Gasteiger partial charge in [0.05, 0.1) is 5.56 Å². The number of hydrogen-bond acceptors (Lipinski definition) is 4. The third-order valence-corrected chi connectivity index (χ3v) is 4.11. The monoisotopic (exact) mass is 338 g/mol. The quantitative estimate of drug-likeness (QED) is 0.630. The molecule has 0 spiro atoms. The Kier molecular flexibility index (Phi) is 4.40. The van der Waals surface area contributed by atoms with E-state index in [4.69, 9.17) is 16.0 Å². The van der Waals surface area contributed by atoms with Gasteiger partial charge in [-0.3, -0.25) is 0 Å². The van der Waals surface area contributed by atoms with Crippen molar-refractivity contribution in [2.24, 2.45) is 0 Å². The van der Waals surface area contributed by atoms with Crippen LogP contribution >= 0.6 is 23.4 Å². The molecule has 0 radical (unpaired) electrons. The minimum Gasteiger partial charge on any atom is -0.411 e. The van der Waals surface area contributed by atoms with Gasteiger partial charge in [-0.1, -0.05) is 41.6 Å². The molecule has 0 bridgehead atoms. The molecule has 0 saturated carbocycles. The predicted molar refractivity (Wildman–Crippen MR) is 80.7 cm³/mol. The maximum absolute atomic E-state index is 13.7. The topological polar surface area (TPSA) is 38.9 Å². The number of benzene rings is 2. The zero-order valence-corrected chi connectivity index (χ0v) is 12.7. The van der Waals surface area contributed by atoms with Gasteiger partial charge in [0, 0.05) is 16.3 Å². The minimum absolute atomic E-state index is 0.0835. The van der Waals surface area contributed by atoms with Gasteiger partial charge in [-0.15, -0.1) is 10.2 Å². The number of hydrogen-bond donors (Lipinski definition) is 0. The summed E-state index contributed by atoms with van der Waals surface area (Å²) >= 11 is 7.08. The third-order valence-electron chi connectivity index (χ3n) is 2.91. The van der Waals surface area contributed by atoms with Crippen molar-refractivity contribution >= 4 is 23.4 Å². The molecule has 22 heavy (non-hydrogen) atoms. The fourth-order valence-corrected chi connectivity index (χ4v) is 2.92. The van der Waals surface area contributed by atoms with Crippen LogP contribution in [0.1, 0.15) is 5.56 Å². The molecule has 1 heterocycles. The molecule has 0 saturated heterocycles. The van der Waals surface area contributed by atoms with Gasteiger partial charge in [0.25, 0.3) is 11.1 Å². The molecule has 3 rings (SSSR count). The lowest BCUT2D eigenvalue weighted by atomic mass is 10.2. The Hall–Kier alpha value is -1.92. The summed E-state index contributed by atoms with van der Waals surface area (Å²) in [6, 6.07) is 10.6. The van der Waals surface area contributed by atoms with E-state index in [9.17, 15) is 8.78 Å². The highest BCUT2D eigenvalue weighted by molar-refractivity contribution is 7.98. The second-order valence-corrected chi connectivity index (χ2v) is 5.68. The molecule has 0 N–H and O–H groups in total. The van der Waals surface area contributed by atoms with Gasteiger partial charge in [-0.25, -0.2) is 8.78 Å². The zero-order chi connectivity index (χ0) is 15.5. The number of thioether (sulfide) groups is 1. The Balaban J connectivity index is 1.77. The van der Waals surface area contributed by atoms with Gasteiger partial charge in [0.2, 0.25) is 0 Å². The van der Waals surface area contributed by atoms with E-state index < -0.39 is 11.6 Å². The van der Waals surface area contributed by atoms with Crippen molar-refractivity contribution in [3.63, 3.8) is 0 Å². The molecule has 0 unspecified atom stereocenters. The first-order chi connectivity index (χ1) is 10.6. The highest BCUT2D eigenvalue weighted by atomic mass is 35.5. The zero-order valence-electron chi connectivity index (χ0n) is 11.1. The molecule has 0 aliphatic rings. The second-order valence-electron chi connectivity index (χ2n) is 4.34. The molecular formula is C15H9ClF2N2OS. The van der Waals surface area contributed by atoms with E-state index in [0.717, 1.165) is 11.8 Å². The Morgan fingerprint density at radius 2 is 1.77 bits per heavy atom. The van der Waals surface area contributed by atoms with E-state index in [0.29, 0.717) is 10.6 Å². The molecule has 1 aromatic heterocycles. The number of halogens is 3. The normalized spacial score (nSPS) is 10.9. The van der Waals surface area contributed by atoms with Crippen LogP contribution in [-0.4, -0.2) is 10.2 Å². The van der Waals surface area contributed by atoms with E-state index >= 15 is 0 Å². The molecule has 7 heteroatoms. The summed E-state index contributed by atoms with van der Waals surface area (Å²) in [5.74, 6) is -0.515. The summed E-state index contributed by atoms with van der Waals surface area (Å²) in [5.41, 5.74) is 0.589. The first-order valence-corrected chi connectivity index (χ1v) is 7.65. The number of aromatic nitrogens is 2. The van der Waals surface area contributed by atoms with Crippen LogP contribution in [-0.2, 0) is 5.75 Å². The van der Waals surface area contributed by atoms with Crippen LogP contribution in [0.2, 0.25) is 5.02 Å². The Morgan fingerprint density at radius 1 is 1.00 bits per heavy atom. The average Bonchev–Trinajstić information content (AvgIpc) is 2.96. The van der Waals surface area contributed by atoms with E-state index in [2.05, 4.69) is 10.2 Å². The number of rotatable bonds is 4. The summed E-state index contributed by atoms with van der Waals surface area (Å²) in [7, 11) is 0. The van der Waals surface area contributed by atoms with Crippen molar-refractivity contribution < 1.29 is 13.2 Å². The van der Waals surface area contributed by atoms with Crippen molar-refractivity contribution in [1.82, 2.24) is 10.2 Å². The largest absolute Gasteiger partial charge is 0.411 e. The third kappa shape index (κ3) is 3.13. The Bertz CT molecular complexity index is 789. The van der Waals surface area contributed by atoms with Crippen molar-refractivity contribution in [3.05, 3.63) is 64.7 Å². The van der Waals surface area contributed by atoms with Crippen LogP contribution in [0.5, 0.6) is 0 Å². The maximum atomic E-state index is 13.7. The van der Waals surface area contributed by atoms with E-state index in [1.54, 1.807) is 24.3 Å². The minimum atomic E-state index is -0.445. The summed E-state index contributed by atoms with van der Waals surface area (Å²) in [6.07, 6.45) is 0. The van der Waals surface area contributed by atoms with Crippen LogP contribution in [0.3, 0.4) is 0 Å². The first kappa shape index (κ1) is 15.0. The van der Waals surface area contributed by atoms with Crippen LogP contribution in [0, 0.1) is 11.6 Å². The molecule has 3 nitrogen and oxygen atoms in total. The molecule has 3 aromatic rings.